The normalized spacial score (nSPS) is 13.2. The number of nitriles is 1. The monoisotopic (exact) mass is 399 g/mol. The van der Waals surface area contributed by atoms with Crippen LogP contribution in [0, 0.1) is 17.1 Å². The molecule has 0 N–H and O–H groups in total. The summed E-state index contributed by atoms with van der Waals surface area (Å²) in [6.07, 6.45) is 0. The van der Waals surface area contributed by atoms with E-state index in [1.54, 1.807) is 55.5 Å². The predicted molar refractivity (Wildman–Crippen MR) is 113 cm³/mol. The number of hydrogen-bond donors (Lipinski definition) is 0. The molecule has 0 radical (unpaired) electrons. The van der Waals surface area contributed by atoms with Crippen molar-refractivity contribution in [1.82, 2.24) is 0 Å². The number of likely N-dealkylation sites (N-methyl/N-ethyl adjacent to an activating group) is 1. The van der Waals surface area contributed by atoms with Crippen molar-refractivity contribution < 1.29 is 13.9 Å². The van der Waals surface area contributed by atoms with E-state index in [-0.39, 0.29) is 18.3 Å². The van der Waals surface area contributed by atoms with Crippen molar-refractivity contribution in [3.05, 3.63) is 83.2 Å². The van der Waals surface area contributed by atoms with Gasteiger partial charge in [-0.25, -0.2) is 4.39 Å². The van der Waals surface area contributed by atoms with E-state index in [1.165, 1.54) is 12.1 Å². The van der Waals surface area contributed by atoms with E-state index in [0.717, 1.165) is 22.3 Å². The summed E-state index contributed by atoms with van der Waals surface area (Å²) < 4.78 is 19.0. The smallest absolute Gasteiger partial charge is 0.248 e. The van der Waals surface area contributed by atoms with Crippen LogP contribution in [0.5, 0.6) is 5.75 Å². The first-order chi connectivity index (χ1) is 14.5. The van der Waals surface area contributed by atoms with Crippen LogP contribution in [-0.2, 0) is 4.79 Å². The highest BCUT2D eigenvalue weighted by molar-refractivity contribution is 6.20. The number of benzodiazepines with no additional fused rings is 1. The number of rotatable bonds is 3. The van der Waals surface area contributed by atoms with Crippen LogP contribution >= 0.6 is 0 Å². The topological polar surface area (TPSA) is 65.7 Å². The molecule has 148 valence electrons. The second-order valence-corrected chi connectivity index (χ2v) is 6.89. The van der Waals surface area contributed by atoms with E-state index in [4.69, 9.17) is 4.74 Å². The molecule has 4 rings (SSSR count). The van der Waals surface area contributed by atoms with Gasteiger partial charge in [0.2, 0.25) is 5.91 Å². The molecule has 1 heterocycles. The van der Waals surface area contributed by atoms with Crippen LogP contribution < -0.4 is 9.64 Å². The molecule has 1 amide bonds. The zero-order valence-corrected chi connectivity index (χ0v) is 16.5. The first kappa shape index (κ1) is 19.3. The zero-order valence-electron chi connectivity index (χ0n) is 16.5. The second-order valence-electron chi connectivity index (χ2n) is 6.89. The van der Waals surface area contributed by atoms with Crippen molar-refractivity contribution in [2.45, 2.75) is 0 Å². The first-order valence-electron chi connectivity index (χ1n) is 9.31. The van der Waals surface area contributed by atoms with Gasteiger partial charge in [-0.2, -0.15) is 5.26 Å². The number of halogens is 1. The number of fused-ring (bicyclic) bond motifs is 1. The molecular weight excluding hydrogens is 381 g/mol. The number of nitrogens with zero attached hydrogens (tertiary/aromatic N) is 3. The standard InChI is InChI=1S/C24H18FN3O2/c1-28-21-12-22(30-2)19(16-6-8-18(25)9-7-16)11-20(21)24(27-14-23(28)29)17-5-3-4-15(10-17)13-26/h3-12H,14H2,1-2H3. The maximum absolute atomic E-state index is 13.4. The summed E-state index contributed by atoms with van der Waals surface area (Å²) in [6, 6.07) is 19.1. The van der Waals surface area contributed by atoms with Gasteiger partial charge in [-0.05, 0) is 35.9 Å². The Balaban J connectivity index is 1.98. The van der Waals surface area contributed by atoms with E-state index in [0.29, 0.717) is 22.7 Å². The van der Waals surface area contributed by atoms with Gasteiger partial charge in [0.05, 0.1) is 30.1 Å². The van der Waals surface area contributed by atoms with Crippen LogP contribution in [0.2, 0.25) is 0 Å². The van der Waals surface area contributed by atoms with Crippen molar-refractivity contribution in [3.8, 4) is 22.9 Å². The molecule has 30 heavy (non-hydrogen) atoms. The summed E-state index contributed by atoms with van der Waals surface area (Å²) in [4.78, 5) is 18.7. The Morgan fingerprint density at radius 3 is 2.53 bits per heavy atom. The molecule has 1 aliphatic rings. The molecule has 0 spiro atoms. The lowest BCUT2D eigenvalue weighted by Gasteiger charge is -2.21. The highest BCUT2D eigenvalue weighted by Gasteiger charge is 2.25. The van der Waals surface area contributed by atoms with Gasteiger partial charge in [0.1, 0.15) is 18.1 Å². The number of carbonyl (C=O) groups excluding carboxylic acids is 1. The quantitative estimate of drug-likeness (QED) is 0.663. The Bertz CT molecular complexity index is 1210. The highest BCUT2D eigenvalue weighted by Crippen LogP contribution is 2.38. The Morgan fingerprint density at radius 1 is 1.07 bits per heavy atom. The Hall–Kier alpha value is -3.98. The van der Waals surface area contributed by atoms with Crippen LogP contribution in [0.3, 0.4) is 0 Å². The number of methoxy groups -OCH3 is 1. The molecule has 0 saturated heterocycles. The summed E-state index contributed by atoms with van der Waals surface area (Å²) >= 11 is 0. The Labute approximate surface area is 173 Å². The molecule has 0 fully saturated rings. The second kappa shape index (κ2) is 7.80. The van der Waals surface area contributed by atoms with Crippen LogP contribution in [0.1, 0.15) is 16.7 Å². The van der Waals surface area contributed by atoms with E-state index in [9.17, 15) is 14.4 Å². The molecule has 0 unspecified atom stereocenters. The van der Waals surface area contributed by atoms with Crippen LogP contribution in [0.15, 0.2) is 65.7 Å². The summed E-state index contributed by atoms with van der Waals surface area (Å²) in [6.45, 7) is -0.00844. The number of aliphatic imine (C=N–C) groups is 1. The summed E-state index contributed by atoms with van der Waals surface area (Å²) in [5.74, 6) is 0.0830. The number of ether oxygens (including phenoxy) is 1. The fourth-order valence-electron chi connectivity index (χ4n) is 3.52. The van der Waals surface area contributed by atoms with Gasteiger partial charge >= 0.3 is 0 Å². The molecule has 0 atom stereocenters. The van der Waals surface area contributed by atoms with Crippen LogP contribution in [0.4, 0.5) is 10.1 Å². The molecule has 3 aromatic carbocycles. The molecule has 5 nitrogen and oxygen atoms in total. The van der Waals surface area contributed by atoms with Gasteiger partial charge in [-0.1, -0.05) is 24.3 Å². The minimum Gasteiger partial charge on any atom is -0.496 e. The third-order valence-corrected chi connectivity index (χ3v) is 5.10. The minimum atomic E-state index is -0.326. The van der Waals surface area contributed by atoms with E-state index in [2.05, 4.69) is 11.1 Å². The number of amides is 1. The minimum absolute atomic E-state index is 0.00844. The van der Waals surface area contributed by atoms with Gasteiger partial charge in [-0.15, -0.1) is 0 Å². The molecule has 0 bridgehead atoms. The van der Waals surface area contributed by atoms with Crippen molar-refractivity contribution >= 4 is 17.3 Å². The van der Waals surface area contributed by atoms with Gasteiger partial charge in [-0.3, -0.25) is 9.79 Å². The lowest BCUT2D eigenvalue weighted by Crippen LogP contribution is -2.27. The Morgan fingerprint density at radius 2 is 1.83 bits per heavy atom. The van der Waals surface area contributed by atoms with Crippen molar-refractivity contribution in [3.63, 3.8) is 0 Å². The number of anilines is 1. The molecule has 0 saturated carbocycles. The number of carbonyl (C=O) groups is 1. The van der Waals surface area contributed by atoms with Crippen molar-refractivity contribution in [2.24, 2.45) is 4.99 Å². The van der Waals surface area contributed by atoms with E-state index >= 15 is 0 Å². The maximum Gasteiger partial charge on any atom is 0.248 e. The van der Waals surface area contributed by atoms with Gasteiger partial charge in [0.25, 0.3) is 0 Å². The first-order valence-corrected chi connectivity index (χ1v) is 9.31. The average Bonchev–Trinajstić information content (AvgIpc) is 2.90. The molecule has 3 aromatic rings. The fraction of sp³-hybridized carbons (Fsp3) is 0.125. The largest absolute Gasteiger partial charge is 0.496 e. The number of benzene rings is 3. The molecule has 1 aliphatic heterocycles. The van der Waals surface area contributed by atoms with E-state index in [1.807, 2.05) is 12.1 Å². The van der Waals surface area contributed by atoms with Gasteiger partial charge in [0, 0.05) is 29.8 Å². The lowest BCUT2D eigenvalue weighted by molar-refractivity contribution is -0.116. The summed E-state index contributed by atoms with van der Waals surface area (Å²) in [5, 5.41) is 9.28. The Kier molecular flexibility index (Phi) is 5.03. The molecule has 0 aliphatic carbocycles. The summed E-state index contributed by atoms with van der Waals surface area (Å²) in [5.41, 5.74) is 4.79. The van der Waals surface area contributed by atoms with Crippen LogP contribution in [-0.4, -0.2) is 32.3 Å². The third kappa shape index (κ3) is 3.42. The average molecular weight is 399 g/mol. The highest BCUT2D eigenvalue weighted by atomic mass is 19.1. The fourth-order valence-corrected chi connectivity index (χ4v) is 3.52. The zero-order chi connectivity index (χ0) is 21.3. The lowest BCUT2D eigenvalue weighted by atomic mass is 9.94. The SMILES string of the molecule is COc1cc2c(cc1-c1ccc(F)cc1)C(c1cccc(C#N)c1)=NCC(=O)N2C. The summed E-state index contributed by atoms with van der Waals surface area (Å²) in [7, 11) is 3.25. The maximum atomic E-state index is 13.4. The van der Waals surface area contributed by atoms with Crippen molar-refractivity contribution in [1.29, 1.82) is 5.26 Å². The molecule has 6 heteroatoms. The van der Waals surface area contributed by atoms with Crippen molar-refractivity contribution in [2.75, 3.05) is 25.6 Å². The number of hydrogen-bond acceptors (Lipinski definition) is 4. The van der Waals surface area contributed by atoms with Crippen LogP contribution in [0.25, 0.3) is 11.1 Å². The van der Waals surface area contributed by atoms with E-state index < -0.39 is 0 Å². The molecule has 0 aromatic heterocycles. The molecular formula is C24H18FN3O2. The van der Waals surface area contributed by atoms with Gasteiger partial charge in [0.15, 0.2) is 0 Å². The predicted octanol–water partition coefficient (Wildman–Crippen LogP) is 4.19. The third-order valence-electron chi connectivity index (χ3n) is 5.10. The van der Waals surface area contributed by atoms with Gasteiger partial charge < -0.3 is 9.64 Å².